The highest BCUT2D eigenvalue weighted by Gasteiger charge is 2.53. The summed E-state index contributed by atoms with van der Waals surface area (Å²) in [7, 11) is 0. The predicted molar refractivity (Wildman–Crippen MR) is 180 cm³/mol. The Morgan fingerprint density at radius 2 is 1.69 bits per heavy atom. The normalized spacial score (nSPS) is 21.6. The summed E-state index contributed by atoms with van der Waals surface area (Å²) in [5, 5.41) is 21.1. The van der Waals surface area contributed by atoms with Crippen LogP contribution in [0.3, 0.4) is 0 Å². The molecule has 1 fully saturated rings. The largest absolute Gasteiger partial charge is 0.389 e. The number of nitrogens with zero attached hydrogens (tertiary/aromatic N) is 1. The number of hydrogen-bond acceptors (Lipinski definition) is 5. The van der Waals surface area contributed by atoms with Crippen molar-refractivity contribution in [1.82, 2.24) is 20.9 Å². The molecule has 5 rings (SSSR count). The molecule has 0 radical (unpaired) electrons. The monoisotopic (exact) mass is 660 g/mol. The van der Waals surface area contributed by atoms with Crippen LogP contribution in [0.5, 0.6) is 0 Å². The lowest BCUT2D eigenvalue weighted by atomic mass is 9.81. The number of fused-ring (bicyclic) bond motifs is 1. The first kappa shape index (κ1) is 35.2. The molecule has 2 heterocycles. The molecule has 3 aromatic carbocycles. The Kier molecular flexibility index (Phi) is 11.3. The minimum atomic E-state index is -1.14. The summed E-state index contributed by atoms with van der Waals surface area (Å²) in [5.74, 6) is -2.78. The Morgan fingerprint density at radius 1 is 1.02 bits per heavy atom. The third kappa shape index (κ3) is 7.93. The number of carbonyl (C=O) groups excluding carboxylic acids is 3. The van der Waals surface area contributed by atoms with Crippen molar-refractivity contribution in [2.45, 2.75) is 95.6 Å². The van der Waals surface area contributed by atoms with Gasteiger partial charge in [0.05, 0.1) is 12.1 Å². The SMILES string of the molecule is CCC(C)[C@@]1(NC(C)=O)CCN([C@@H](CCc2ccccc2)C(=O)N[C@@H](Cc2cc(F)cc(F)c2)[C@H](O)C2Cc3ccccc3CN2)C1=O. The van der Waals surface area contributed by atoms with Gasteiger partial charge in [-0.25, -0.2) is 8.78 Å². The van der Waals surface area contributed by atoms with E-state index in [9.17, 15) is 28.3 Å². The Labute approximate surface area is 281 Å². The molecule has 0 bridgehead atoms. The lowest BCUT2D eigenvalue weighted by molar-refractivity contribution is -0.144. The van der Waals surface area contributed by atoms with Gasteiger partial charge in [0.2, 0.25) is 17.7 Å². The zero-order valence-corrected chi connectivity index (χ0v) is 27.8. The number of nitrogens with one attached hydrogen (secondary N) is 3. The smallest absolute Gasteiger partial charge is 0.249 e. The summed E-state index contributed by atoms with van der Waals surface area (Å²) in [6, 6.07) is 18.4. The summed E-state index contributed by atoms with van der Waals surface area (Å²) >= 11 is 0. The molecule has 0 aliphatic carbocycles. The van der Waals surface area contributed by atoms with Gasteiger partial charge in [-0.3, -0.25) is 14.4 Å². The van der Waals surface area contributed by atoms with Crippen LogP contribution in [0.2, 0.25) is 0 Å². The summed E-state index contributed by atoms with van der Waals surface area (Å²) in [6.45, 7) is 6.06. The van der Waals surface area contributed by atoms with Crippen LogP contribution >= 0.6 is 0 Å². The van der Waals surface area contributed by atoms with E-state index in [0.717, 1.165) is 22.8 Å². The van der Waals surface area contributed by atoms with E-state index in [-0.39, 0.29) is 36.3 Å². The van der Waals surface area contributed by atoms with Gasteiger partial charge in [-0.1, -0.05) is 74.9 Å². The maximum atomic E-state index is 14.4. The molecule has 256 valence electrons. The van der Waals surface area contributed by atoms with Crippen molar-refractivity contribution in [3.8, 4) is 0 Å². The molecule has 2 aliphatic rings. The molecular weight excluding hydrogens is 614 g/mol. The molecule has 3 aromatic rings. The third-order valence-corrected chi connectivity index (χ3v) is 10.1. The van der Waals surface area contributed by atoms with Crippen LogP contribution in [-0.4, -0.2) is 64.0 Å². The van der Waals surface area contributed by atoms with Crippen LogP contribution in [0.4, 0.5) is 8.78 Å². The Hall–Kier alpha value is -4.15. The van der Waals surface area contributed by atoms with E-state index in [4.69, 9.17) is 0 Å². The molecule has 0 saturated carbocycles. The Balaban J connectivity index is 1.45. The number of amides is 3. The molecular formula is C38H46F2N4O4. The van der Waals surface area contributed by atoms with Crippen molar-refractivity contribution >= 4 is 17.7 Å². The van der Waals surface area contributed by atoms with Crippen LogP contribution in [0.15, 0.2) is 72.8 Å². The number of aliphatic hydroxyl groups excluding tert-OH is 1. The number of aryl methyl sites for hydroxylation is 1. The number of rotatable bonds is 13. The molecule has 48 heavy (non-hydrogen) atoms. The molecule has 6 atom stereocenters. The van der Waals surface area contributed by atoms with Crippen LogP contribution in [-0.2, 0) is 40.2 Å². The van der Waals surface area contributed by atoms with Crippen molar-refractivity contribution in [2.24, 2.45) is 5.92 Å². The van der Waals surface area contributed by atoms with Crippen LogP contribution < -0.4 is 16.0 Å². The minimum Gasteiger partial charge on any atom is -0.389 e. The average molecular weight is 661 g/mol. The number of halogens is 2. The molecule has 10 heteroatoms. The highest BCUT2D eigenvalue weighted by atomic mass is 19.1. The second kappa shape index (κ2) is 15.4. The number of hydrogen-bond donors (Lipinski definition) is 4. The van der Waals surface area contributed by atoms with Crippen molar-refractivity contribution in [3.05, 3.63) is 107 Å². The summed E-state index contributed by atoms with van der Waals surface area (Å²) < 4.78 is 28.6. The van der Waals surface area contributed by atoms with Crippen LogP contribution in [0, 0.1) is 17.6 Å². The van der Waals surface area contributed by atoms with Crippen LogP contribution in [0.25, 0.3) is 0 Å². The van der Waals surface area contributed by atoms with Gasteiger partial charge < -0.3 is 26.0 Å². The van der Waals surface area contributed by atoms with Gasteiger partial charge in [-0.15, -0.1) is 0 Å². The maximum Gasteiger partial charge on any atom is 0.249 e. The molecule has 0 aromatic heterocycles. The van der Waals surface area contributed by atoms with Gasteiger partial charge in [0.15, 0.2) is 0 Å². The number of likely N-dealkylation sites (tertiary alicyclic amines) is 1. The van der Waals surface area contributed by atoms with E-state index >= 15 is 0 Å². The fourth-order valence-electron chi connectivity index (χ4n) is 7.31. The van der Waals surface area contributed by atoms with E-state index in [0.29, 0.717) is 38.6 Å². The summed E-state index contributed by atoms with van der Waals surface area (Å²) in [4.78, 5) is 42.5. The zero-order valence-electron chi connectivity index (χ0n) is 27.8. The molecule has 8 nitrogen and oxygen atoms in total. The zero-order chi connectivity index (χ0) is 34.4. The topological polar surface area (TPSA) is 111 Å². The predicted octanol–water partition coefficient (Wildman–Crippen LogP) is 4.22. The first-order valence-electron chi connectivity index (χ1n) is 16.9. The summed E-state index contributed by atoms with van der Waals surface area (Å²) in [6.07, 6.45) is 1.14. The van der Waals surface area contributed by atoms with E-state index in [1.54, 1.807) is 4.90 Å². The lowest BCUT2D eigenvalue weighted by Gasteiger charge is -2.37. The number of carbonyl (C=O) groups is 3. The average Bonchev–Trinajstić information content (AvgIpc) is 3.38. The Bertz CT molecular complexity index is 1580. The van der Waals surface area contributed by atoms with Crippen molar-refractivity contribution in [1.29, 1.82) is 0 Å². The van der Waals surface area contributed by atoms with E-state index < -0.39 is 47.3 Å². The van der Waals surface area contributed by atoms with Gasteiger partial charge in [0.25, 0.3) is 0 Å². The van der Waals surface area contributed by atoms with Gasteiger partial charge in [-0.2, -0.15) is 0 Å². The Morgan fingerprint density at radius 3 is 2.35 bits per heavy atom. The molecule has 1 saturated heterocycles. The number of benzene rings is 3. The third-order valence-electron chi connectivity index (χ3n) is 10.1. The highest BCUT2D eigenvalue weighted by molar-refractivity contribution is 5.96. The summed E-state index contributed by atoms with van der Waals surface area (Å²) in [5.41, 5.74) is 2.33. The van der Waals surface area contributed by atoms with Gasteiger partial charge in [-0.05, 0) is 72.4 Å². The van der Waals surface area contributed by atoms with Crippen molar-refractivity contribution in [3.63, 3.8) is 0 Å². The maximum absolute atomic E-state index is 14.4. The second-order valence-electron chi connectivity index (χ2n) is 13.3. The van der Waals surface area contributed by atoms with Gasteiger partial charge >= 0.3 is 0 Å². The fourth-order valence-corrected chi connectivity index (χ4v) is 7.31. The van der Waals surface area contributed by atoms with Gasteiger partial charge in [0.1, 0.15) is 23.2 Å². The number of aliphatic hydroxyl groups is 1. The van der Waals surface area contributed by atoms with Gasteiger partial charge in [0, 0.05) is 32.1 Å². The van der Waals surface area contributed by atoms with E-state index in [1.165, 1.54) is 19.1 Å². The molecule has 4 N–H and O–H groups in total. The highest BCUT2D eigenvalue weighted by Crippen LogP contribution is 2.34. The van der Waals surface area contributed by atoms with Crippen molar-refractivity contribution < 1.29 is 28.3 Å². The van der Waals surface area contributed by atoms with E-state index in [2.05, 4.69) is 16.0 Å². The van der Waals surface area contributed by atoms with E-state index in [1.807, 2.05) is 68.4 Å². The minimum absolute atomic E-state index is 0.0382. The standard InChI is InChI=1S/C38H46F2N4O4/c1-4-24(2)38(43-25(3)45)16-17-44(37(38)48)34(15-14-26-10-6-5-7-11-26)36(47)42-33(20-27-18-30(39)22-31(40)19-27)35(46)32-21-28-12-8-9-13-29(28)23-41-32/h5-13,18-19,22,24,32-35,41,46H,4,14-17,20-21,23H2,1-3H3,(H,42,47)(H,43,45)/t24?,32?,33-,34-,35+,38-/m0/s1. The molecule has 2 unspecified atom stereocenters. The quantitative estimate of drug-likeness (QED) is 0.220. The first-order chi connectivity index (χ1) is 23.0. The second-order valence-corrected chi connectivity index (χ2v) is 13.3. The van der Waals surface area contributed by atoms with Crippen LogP contribution in [0.1, 0.15) is 62.3 Å². The lowest BCUT2D eigenvalue weighted by Crippen LogP contribution is -2.61. The molecule has 3 amide bonds. The molecule has 2 aliphatic heterocycles. The molecule has 0 spiro atoms. The first-order valence-corrected chi connectivity index (χ1v) is 16.9. The fraction of sp³-hybridized carbons (Fsp3) is 0.447. The van der Waals surface area contributed by atoms with Crippen molar-refractivity contribution in [2.75, 3.05) is 6.54 Å².